The molecular weight excluding hydrogens is 468 g/mol. The van der Waals surface area contributed by atoms with Crippen LogP contribution in [0.15, 0.2) is 23.8 Å². The third-order valence-corrected chi connectivity index (χ3v) is 14.0. The molecule has 0 saturated carbocycles. The van der Waals surface area contributed by atoms with E-state index < -0.39 is 8.32 Å². The molecule has 2 unspecified atom stereocenters. The number of hydrogen-bond acceptors (Lipinski definition) is 5. The van der Waals surface area contributed by atoms with E-state index in [9.17, 15) is 5.11 Å². The number of fused-ring (bicyclic) bond motifs is 1. The predicted octanol–water partition coefficient (Wildman–Crippen LogP) is 6.97. The lowest BCUT2D eigenvalue weighted by Gasteiger charge is -2.45. The monoisotopic (exact) mass is 520 g/mol. The lowest BCUT2D eigenvalue weighted by atomic mass is 9.65. The van der Waals surface area contributed by atoms with Gasteiger partial charge in [-0.25, -0.2) is 0 Å². The van der Waals surface area contributed by atoms with Crippen molar-refractivity contribution in [2.45, 2.75) is 135 Å². The molecule has 0 aromatic heterocycles. The Kier molecular flexibility index (Phi) is 9.27. The van der Waals surface area contributed by atoms with Gasteiger partial charge in [-0.3, -0.25) is 0 Å². The molecule has 1 N–H and O–H groups in total. The summed E-state index contributed by atoms with van der Waals surface area (Å²) in [6, 6.07) is 0. The van der Waals surface area contributed by atoms with Crippen LogP contribution >= 0.6 is 0 Å². The van der Waals surface area contributed by atoms with E-state index in [4.69, 9.17) is 18.6 Å². The molecule has 2 aliphatic carbocycles. The van der Waals surface area contributed by atoms with Crippen LogP contribution in [0.25, 0.3) is 0 Å². The topological polar surface area (TPSA) is 57.2 Å². The fraction of sp³-hybridized carbons (Fsp3) is 0.867. The zero-order chi connectivity index (χ0) is 26.1. The molecule has 9 atom stereocenters. The molecule has 2 aliphatic heterocycles. The van der Waals surface area contributed by atoms with Crippen LogP contribution in [-0.2, 0) is 18.6 Å². The molecule has 0 amide bonds. The molecule has 0 aromatic carbocycles. The molecule has 0 aromatic rings. The van der Waals surface area contributed by atoms with E-state index in [1.165, 1.54) is 5.57 Å². The number of rotatable bonds is 7. The minimum Gasteiger partial charge on any atom is -0.414 e. The van der Waals surface area contributed by atoms with Crippen LogP contribution in [0.2, 0.25) is 18.1 Å². The van der Waals surface area contributed by atoms with E-state index in [1.54, 1.807) is 0 Å². The third kappa shape index (κ3) is 6.92. The van der Waals surface area contributed by atoms with Crippen LogP contribution in [0.5, 0.6) is 0 Å². The largest absolute Gasteiger partial charge is 0.414 e. The van der Waals surface area contributed by atoms with Crippen LogP contribution in [0.3, 0.4) is 0 Å². The van der Waals surface area contributed by atoms with Crippen molar-refractivity contribution in [3.05, 3.63) is 23.8 Å². The van der Waals surface area contributed by atoms with Crippen LogP contribution in [-0.4, -0.2) is 50.9 Å². The maximum Gasteiger partial charge on any atom is 0.192 e. The Hall–Kier alpha value is -0.503. The highest BCUT2D eigenvalue weighted by atomic mass is 28.4. The van der Waals surface area contributed by atoms with E-state index in [-0.39, 0.29) is 41.8 Å². The van der Waals surface area contributed by atoms with Gasteiger partial charge in [0.15, 0.2) is 20.9 Å². The normalized spacial score (nSPS) is 40.0. The third-order valence-electron chi connectivity index (χ3n) is 9.47. The molecule has 2 fully saturated rings. The summed E-state index contributed by atoms with van der Waals surface area (Å²) >= 11 is 0. The minimum absolute atomic E-state index is 0.104. The number of aliphatic hydroxyl groups excluding tert-OH is 1. The van der Waals surface area contributed by atoms with Gasteiger partial charge in [-0.15, -0.1) is 0 Å². The lowest BCUT2D eigenvalue weighted by Crippen LogP contribution is -2.49. The quantitative estimate of drug-likeness (QED) is 0.367. The highest BCUT2D eigenvalue weighted by Gasteiger charge is 2.43. The van der Waals surface area contributed by atoms with Crippen LogP contribution < -0.4 is 0 Å². The van der Waals surface area contributed by atoms with Crippen molar-refractivity contribution in [2.24, 2.45) is 23.7 Å². The first kappa shape index (κ1) is 28.5. The molecule has 5 nitrogen and oxygen atoms in total. The standard InChI is InChI=1S/C30H52O5Si/c1-20-16-22-12-11-21(2)25(29(22)26(31)17-20)14-13-23-18-24(35-36(6,7)30(3,4)5)19-28(33-23)34-27-10-8-9-15-32-27/h11-12,16,20-21,23-29,31H,8-10,13-15,17-19H2,1-7H3/t20-,21-,23+,24+,25-,26-,27?,28?,29-/m0/s1. The summed E-state index contributed by atoms with van der Waals surface area (Å²) < 4.78 is 25.7. The number of aliphatic hydroxyl groups is 1. The molecule has 36 heavy (non-hydrogen) atoms. The van der Waals surface area contributed by atoms with Gasteiger partial charge in [0.2, 0.25) is 0 Å². The molecule has 0 bridgehead atoms. The van der Waals surface area contributed by atoms with Crippen LogP contribution in [0.1, 0.15) is 86.0 Å². The molecule has 2 heterocycles. The average molecular weight is 521 g/mol. The van der Waals surface area contributed by atoms with Gasteiger partial charge in [0.25, 0.3) is 0 Å². The molecule has 4 rings (SSSR count). The van der Waals surface area contributed by atoms with Crippen molar-refractivity contribution in [3.63, 3.8) is 0 Å². The Bertz CT molecular complexity index is 781. The summed E-state index contributed by atoms with van der Waals surface area (Å²) in [6.45, 7) is 16.9. The maximum absolute atomic E-state index is 11.0. The van der Waals surface area contributed by atoms with E-state index in [0.29, 0.717) is 17.8 Å². The molecule has 0 radical (unpaired) electrons. The molecular formula is C30H52O5Si. The van der Waals surface area contributed by atoms with E-state index in [0.717, 1.165) is 58.0 Å². The summed E-state index contributed by atoms with van der Waals surface area (Å²) in [7, 11) is -1.90. The van der Waals surface area contributed by atoms with Crippen LogP contribution in [0, 0.1) is 23.7 Å². The second-order valence-electron chi connectivity index (χ2n) is 13.5. The minimum atomic E-state index is -1.90. The van der Waals surface area contributed by atoms with Gasteiger partial charge < -0.3 is 23.7 Å². The summed E-state index contributed by atoms with van der Waals surface area (Å²) in [4.78, 5) is 0. The van der Waals surface area contributed by atoms with Crippen molar-refractivity contribution in [3.8, 4) is 0 Å². The Morgan fingerprint density at radius 2 is 1.83 bits per heavy atom. The Morgan fingerprint density at radius 3 is 2.53 bits per heavy atom. The van der Waals surface area contributed by atoms with Gasteiger partial charge in [0.05, 0.1) is 18.3 Å². The van der Waals surface area contributed by atoms with Crippen molar-refractivity contribution < 1.29 is 23.7 Å². The fourth-order valence-corrected chi connectivity index (χ4v) is 7.77. The van der Waals surface area contributed by atoms with Gasteiger partial charge in [-0.2, -0.15) is 0 Å². The second kappa shape index (κ2) is 11.7. The average Bonchev–Trinajstić information content (AvgIpc) is 2.78. The van der Waals surface area contributed by atoms with E-state index >= 15 is 0 Å². The first-order chi connectivity index (χ1) is 16.9. The summed E-state index contributed by atoms with van der Waals surface area (Å²) in [6.07, 6.45) is 14.3. The zero-order valence-electron chi connectivity index (χ0n) is 23.9. The first-order valence-corrected chi connectivity index (χ1v) is 17.5. The molecule has 0 spiro atoms. The number of allylic oxidation sites excluding steroid dienone is 3. The Balaban J connectivity index is 1.44. The lowest BCUT2D eigenvalue weighted by molar-refractivity contribution is -0.288. The van der Waals surface area contributed by atoms with Crippen molar-refractivity contribution >= 4 is 8.32 Å². The van der Waals surface area contributed by atoms with Crippen LogP contribution in [0.4, 0.5) is 0 Å². The van der Waals surface area contributed by atoms with Crippen molar-refractivity contribution in [2.75, 3.05) is 6.61 Å². The highest BCUT2D eigenvalue weighted by Crippen LogP contribution is 2.45. The Labute approximate surface area is 221 Å². The van der Waals surface area contributed by atoms with Gasteiger partial charge >= 0.3 is 0 Å². The SMILES string of the molecule is C[C@H]1C=C2C=C[C@H](C)[C@H](CC[C@@H]3C[C@@H](O[Si](C)(C)C(C)(C)C)CC(OC4CCCCO4)O3)[C@H]2[C@@H](O)C1. The van der Waals surface area contributed by atoms with E-state index in [1.807, 2.05) is 0 Å². The fourth-order valence-electron chi connectivity index (χ4n) is 6.39. The predicted molar refractivity (Wildman–Crippen MR) is 147 cm³/mol. The van der Waals surface area contributed by atoms with Gasteiger partial charge in [0, 0.05) is 18.9 Å². The highest BCUT2D eigenvalue weighted by molar-refractivity contribution is 6.74. The summed E-state index contributed by atoms with van der Waals surface area (Å²) in [5.41, 5.74) is 1.34. The van der Waals surface area contributed by atoms with Gasteiger partial charge in [-0.1, -0.05) is 52.8 Å². The summed E-state index contributed by atoms with van der Waals surface area (Å²) in [5.74, 6) is 1.59. The maximum atomic E-state index is 11.0. The molecule has 206 valence electrons. The molecule has 2 saturated heterocycles. The van der Waals surface area contributed by atoms with E-state index in [2.05, 4.69) is 65.9 Å². The Morgan fingerprint density at radius 1 is 1.06 bits per heavy atom. The van der Waals surface area contributed by atoms with Gasteiger partial charge in [-0.05, 0) is 86.4 Å². The number of hydrogen-bond donors (Lipinski definition) is 1. The molecule has 6 heteroatoms. The number of ether oxygens (including phenoxy) is 3. The molecule has 4 aliphatic rings. The summed E-state index contributed by atoms with van der Waals surface area (Å²) in [5, 5.41) is 11.2. The first-order valence-electron chi connectivity index (χ1n) is 14.6. The van der Waals surface area contributed by atoms with Crippen molar-refractivity contribution in [1.82, 2.24) is 0 Å². The zero-order valence-corrected chi connectivity index (χ0v) is 24.9. The second-order valence-corrected chi connectivity index (χ2v) is 18.3. The smallest absolute Gasteiger partial charge is 0.192 e. The van der Waals surface area contributed by atoms with Crippen molar-refractivity contribution in [1.29, 1.82) is 0 Å². The van der Waals surface area contributed by atoms with Gasteiger partial charge in [0.1, 0.15) is 0 Å².